The van der Waals surface area contributed by atoms with E-state index in [0.717, 1.165) is 30.6 Å². The number of fused-ring (bicyclic) bond motifs is 1. The molecule has 1 saturated carbocycles. The molecular weight excluding hydrogens is 132 g/mol. The van der Waals surface area contributed by atoms with Gasteiger partial charge < -0.3 is 0 Å². The average Bonchev–Trinajstić information content (AvgIpc) is 2.60. The van der Waals surface area contributed by atoms with Gasteiger partial charge in [-0.15, -0.1) is 18.4 Å². The van der Waals surface area contributed by atoms with Gasteiger partial charge in [0.15, 0.2) is 0 Å². The Hall–Kier alpha value is -0.700. The number of rotatable bonds is 1. The van der Waals surface area contributed by atoms with Crippen molar-refractivity contribution in [1.29, 1.82) is 0 Å². The Morgan fingerprint density at radius 2 is 1.64 bits per heavy atom. The molecule has 0 N–H and O–H groups in total. The van der Waals surface area contributed by atoms with Crippen LogP contribution in [0, 0.1) is 29.6 Å². The maximum atomic E-state index is 3.87. The molecule has 2 rings (SSSR count). The van der Waals surface area contributed by atoms with Gasteiger partial charge in [-0.3, -0.25) is 0 Å². The van der Waals surface area contributed by atoms with Gasteiger partial charge in [0.05, 0.1) is 0 Å². The topological polar surface area (TPSA) is 0 Å². The van der Waals surface area contributed by atoms with Crippen LogP contribution in [0.4, 0.5) is 0 Å². The first-order valence-corrected chi connectivity index (χ1v) is 4.52. The molecule has 2 aliphatic rings. The van der Waals surface area contributed by atoms with Crippen molar-refractivity contribution in [3.63, 3.8) is 0 Å². The van der Waals surface area contributed by atoms with Gasteiger partial charge in [-0.2, -0.15) is 0 Å². The quantitative estimate of drug-likeness (QED) is 0.394. The second-order valence-electron chi connectivity index (χ2n) is 3.57. The van der Waals surface area contributed by atoms with Crippen LogP contribution in [-0.4, -0.2) is 0 Å². The van der Waals surface area contributed by atoms with E-state index in [9.17, 15) is 0 Å². The van der Waals surface area contributed by atoms with Crippen LogP contribution in [0.5, 0.6) is 0 Å². The lowest BCUT2D eigenvalue weighted by molar-refractivity contribution is 0.618. The molecule has 0 heteroatoms. The predicted molar refractivity (Wildman–Crippen MR) is 46.9 cm³/mol. The summed E-state index contributed by atoms with van der Waals surface area (Å²) in [6.07, 6.45) is 7.00. The molecule has 2 atom stereocenters. The highest BCUT2D eigenvalue weighted by atomic mass is 14.5. The zero-order valence-electron chi connectivity index (χ0n) is 6.84. The second-order valence-corrected chi connectivity index (χ2v) is 3.57. The molecule has 0 bridgehead atoms. The van der Waals surface area contributed by atoms with E-state index in [0.29, 0.717) is 0 Å². The maximum Gasteiger partial charge on any atom is 0.00916 e. The molecule has 0 aliphatic heterocycles. The summed E-state index contributed by atoms with van der Waals surface area (Å²) in [6, 6.07) is 0. The molecule has 2 unspecified atom stereocenters. The highest BCUT2D eigenvalue weighted by Crippen LogP contribution is 2.52. The van der Waals surface area contributed by atoms with E-state index in [4.69, 9.17) is 0 Å². The van der Waals surface area contributed by atoms with Crippen LogP contribution in [0.25, 0.3) is 0 Å². The van der Waals surface area contributed by atoms with E-state index >= 15 is 0 Å². The SMILES string of the molecule is C=CC1C2CCC#CCCC12. The maximum absolute atomic E-state index is 3.87. The summed E-state index contributed by atoms with van der Waals surface area (Å²) in [7, 11) is 0. The van der Waals surface area contributed by atoms with Gasteiger partial charge in [0.1, 0.15) is 0 Å². The molecule has 1 fully saturated rings. The van der Waals surface area contributed by atoms with Crippen LogP contribution in [0.2, 0.25) is 0 Å². The van der Waals surface area contributed by atoms with Crippen molar-refractivity contribution in [2.75, 3.05) is 0 Å². The van der Waals surface area contributed by atoms with Crippen molar-refractivity contribution < 1.29 is 0 Å². The van der Waals surface area contributed by atoms with E-state index in [1.165, 1.54) is 12.8 Å². The van der Waals surface area contributed by atoms with Gasteiger partial charge in [0.25, 0.3) is 0 Å². The lowest BCUT2D eigenvalue weighted by Gasteiger charge is -1.96. The van der Waals surface area contributed by atoms with Gasteiger partial charge in [-0.25, -0.2) is 0 Å². The molecule has 0 amide bonds. The van der Waals surface area contributed by atoms with E-state index in [1.807, 2.05) is 0 Å². The molecule has 0 radical (unpaired) electrons. The molecule has 2 aliphatic carbocycles. The first kappa shape index (κ1) is 6.98. The summed E-state index contributed by atoms with van der Waals surface area (Å²) < 4.78 is 0. The van der Waals surface area contributed by atoms with E-state index < -0.39 is 0 Å². The van der Waals surface area contributed by atoms with E-state index in [2.05, 4.69) is 24.5 Å². The molecule has 0 aromatic carbocycles. The number of hydrogen-bond acceptors (Lipinski definition) is 0. The average molecular weight is 146 g/mol. The third-order valence-corrected chi connectivity index (χ3v) is 3.00. The molecule has 58 valence electrons. The molecule has 0 aromatic rings. The summed E-state index contributed by atoms with van der Waals surface area (Å²) in [5.74, 6) is 9.13. The number of hydrogen-bond donors (Lipinski definition) is 0. The molecule has 0 spiro atoms. The largest absolute Gasteiger partial charge is 0.103 e. The first-order valence-electron chi connectivity index (χ1n) is 4.52. The standard InChI is InChI=1S/C11H14/c1-2-9-10-7-5-3-4-6-8-11(9)10/h2,9-11H,1,5-8H2. The minimum Gasteiger partial charge on any atom is -0.103 e. The van der Waals surface area contributed by atoms with Crippen molar-refractivity contribution in [3.05, 3.63) is 12.7 Å². The monoisotopic (exact) mass is 146 g/mol. The third kappa shape index (κ3) is 1.20. The van der Waals surface area contributed by atoms with Gasteiger partial charge in [0, 0.05) is 12.8 Å². The zero-order valence-corrected chi connectivity index (χ0v) is 6.84. The van der Waals surface area contributed by atoms with Gasteiger partial charge in [-0.1, -0.05) is 6.08 Å². The Kier molecular flexibility index (Phi) is 1.74. The molecule has 0 aromatic heterocycles. The van der Waals surface area contributed by atoms with Gasteiger partial charge in [0.2, 0.25) is 0 Å². The Morgan fingerprint density at radius 1 is 1.09 bits per heavy atom. The smallest absolute Gasteiger partial charge is 0.00916 e. The van der Waals surface area contributed by atoms with Crippen LogP contribution in [-0.2, 0) is 0 Å². The van der Waals surface area contributed by atoms with E-state index in [-0.39, 0.29) is 0 Å². The van der Waals surface area contributed by atoms with Crippen molar-refractivity contribution in [2.45, 2.75) is 25.7 Å². The fraction of sp³-hybridized carbons (Fsp3) is 0.636. The first-order chi connectivity index (χ1) is 5.43. The lowest BCUT2D eigenvalue weighted by Crippen LogP contribution is -1.85. The highest BCUT2D eigenvalue weighted by Gasteiger charge is 2.46. The van der Waals surface area contributed by atoms with Crippen LogP contribution in [0.1, 0.15) is 25.7 Å². The molecular formula is C11H14. The summed E-state index contributed by atoms with van der Waals surface area (Å²) in [6.45, 7) is 3.87. The van der Waals surface area contributed by atoms with Crippen LogP contribution < -0.4 is 0 Å². The normalized spacial score (nSPS) is 40.5. The Labute approximate surface area is 68.7 Å². The Morgan fingerprint density at radius 3 is 2.09 bits per heavy atom. The van der Waals surface area contributed by atoms with Crippen LogP contribution in [0.15, 0.2) is 12.7 Å². The zero-order chi connectivity index (χ0) is 7.68. The minimum atomic E-state index is 0.830. The van der Waals surface area contributed by atoms with E-state index in [1.54, 1.807) is 0 Å². The minimum absolute atomic E-state index is 0.830. The van der Waals surface area contributed by atoms with Crippen molar-refractivity contribution in [1.82, 2.24) is 0 Å². The van der Waals surface area contributed by atoms with Gasteiger partial charge >= 0.3 is 0 Å². The highest BCUT2D eigenvalue weighted by molar-refractivity contribution is 5.11. The molecule has 0 saturated heterocycles. The fourth-order valence-electron chi connectivity index (χ4n) is 2.29. The molecule has 0 heterocycles. The summed E-state index contributed by atoms with van der Waals surface area (Å²) in [5, 5.41) is 0. The Balaban J connectivity index is 1.98. The van der Waals surface area contributed by atoms with Crippen molar-refractivity contribution >= 4 is 0 Å². The summed E-state index contributed by atoms with van der Waals surface area (Å²) in [4.78, 5) is 0. The lowest BCUT2D eigenvalue weighted by atomic mass is 10.1. The van der Waals surface area contributed by atoms with Crippen LogP contribution >= 0.6 is 0 Å². The summed E-state index contributed by atoms with van der Waals surface area (Å²) in [5.41, 5.74) is 0. The number of allylic oxidation sites excluding steroid dienone is 1. The second kappa shape index (κ2) is 2.74. The third-order valence-electron chi connectivity index (χ3n) is 3.00. The molecule has 11 heavy (non-hydrogen) atoms. The summed E-state index contributed by atoms with van der Waals surface area (Å²) >= 11 is 0. The van der Waals surface area contributed by atoms with Gasteiger partial charge in [-0.05, 0) is 30.6 Å². The predicted octanol–water partition coefficient (Wildman–Crippen LogP) is 2.61. The van der Waals surface area contributed by atoms with Crippen LogP contribution in [0.3, 0.4) is 0 Å². The molecule has 0 nitrogen and oxygen atoms in total. The Bertz CT molecular complexity index is 198. The van der Waals surface area contributed by atoms with Crippen molar-refractivity contribution in [2.24, 2.45) is 17.8 Å². The fourth-order valence-corrected chi connectivity index (χ4v) is 2.29. The van der Waals surface area contributed by atoms with Crippen molar-refractivity contribution in [3.8, 4) is 11.8 Å².